The molecule has 3 aromatic rings. The zero-order valence-corrected chi connectivity index (χ0v) is 21.8. The monoisotopic (exact) mass is 509 g/mol. The molecule has 2 N–H and O–H groups in total. The Balaban J connectivity index is 1.97. The van der Waals surface area contributed by atoms with Gasteiger partial charge < -0.3 is 15.4 Å². The number of rotatable bonds is 8. The topological polar surface area (TPSA) is 105 Å². The normalized spacial score (nSPS) is 11.5. The zero-order valence-electron chi connectivity index (χ0n) is 21.0. The third-order valence-corrected chi connectivity index (χ3v) is 6.96. The van der Waals surface area contributed by atoms with Crippen molar-refractivity contribution in [1.29, 1.82) is 0 Å². The third-order valence-electron chi connectivity index (χ3n) is 5.18. The van der Waals surface area contributed by atoms with Gasteiger partial charge in [-0.2, -0.15) is 0 Å². The second-order valence-electron chi connectivity index (χ2n) is 9.29. The van der Waals surface area contributed by atoms with Gasteiger partial charge >= 0.3 is 0 Å². The fourth-order valence-corrected chi connectivity index (χ4v) is 4.92. The molecule has 0 aliphatic carbocycles. The van der Waals surface area contributed by atoms with E-state index < -0.39 is 28.0 Å². The molecule has 2 amide bonds. The number of aryl methyl sites for hydroxylation is 1. The van der Waals surface area contributed by atoms with E-state index in [-0.39, 0.29) is 27.7 Å². The van der Waals surface area contributed by atoms with Crippen molar-refractivity contribution in [3.63, 3.8) is 0 Å². The van der Waals surface area contributed by atoms with Crippen molar-refractivity contribution in [3.8, 4) is 5.75 Å². The Bertz CT molecular complexity index is 1350. The van der Waals surface area contributed by atoms with E-state index in [0.29, 0.717) is 5.75 Å². The summed E-state index contributed by atoms with van der Waals surface area (Å²) in [4.78, 5) is 26.0. The van der Waals surface area contributed by atoms with Gasteiger partial charge in [0.2, 0.25) is 5.91 Å². The van der Waals surface area contributed by atoms with Crippen molar-refractivity contribution in [1.82, 2.24) is 5.32 Å². The Morgan fingerprint density at radius 3 is 2.17 bits per heavy atom. The van der Waals surface area contributed by atoms with Crippen LogP contribution in [0, 0.1) is 6.92 Å². The third kappa shape index (κ3) is 6.42. The SMILES string of the molecule is COc1ccccc1N(CC(=O)Nc1ccccc1C(=O)NC(C)(C)C)S(=O)(=O)c1ccc(C)cc1. The van der Waals surface area contributed by atoms with Crippen molar-refractivity contribution in [2.24, 2.45) is 0 Å². The predicted octanol–water partition coefficient (Wildman–Crippen LogP) is 4.37. The van der Waals surface area contributed by atoms with Crippen LogP contribution in [0.1, 0.15) is 36.7 Å². The lowest BCUT2D eigenvalue weighted by molar-refractivity contribution is -0.114. The summed E-state index contributed by atoms with van der Waals surface area (Å²) in [6.45, 7) is 6.88. The largest absolute Gasteiger partial charge is 0.495 e. The quantitative estimate of drug-likeness (QED) is 0.469. The van der Waals surface area contributed by atoms with Crippen LogP contribution in [0.25, 0.3) is 0 Å². The van der Waals surface area contributed by atoms with Crippen LogP contribution < -0.4 is 19.7 Å². The number of hydrogen-bond acceptors (Lipinski definition) is 5. The molecule has 0 saturated carbocycles. The molecule has 190 valence electrons. The van der Waals surface area contributed by atoms with Crippen LogP contribution in [0.2, 0.25) is 0 Å². The summed E-state index contributed by atoms with van der Waals surface area (Å²) >= 11 is 0. The van der Waals surface area contributed by atoms with Gasteiger partial charge in [0.25, 0.3) is 15.9 Å². The highest BCUT2D eigenvalue weighted by atomic mass is 32.2. The van der Waals surface area contributed by atoms with Crippen molar-refractivity contribution >= 4 is 33.2 Å². The van der Waals surface area contributed by atoms with E-state index in [2.05, 4.69) is 10.6 Å². The molecule has 36 heavy (non-hydrogen) atoms. The van der Waals surface area contributed by atoms with Crippen molar-refractivity contribution < 1.29 is 22.7 Å². The molecule has 0 aliphatic heterocycles. The maximum atomic E-state index is 13.7. The van der Waals surface area contributed by atoms with Crippen LogP contribution in [0.15, 0.2) is 77.7 Å². The van der Waals surface area contributed by atoms with E-state index in [9.17, 15) is 18.0 Å². The molecule has 0 saturated heterocycles. The summed E-state index contributed by atoms with van der Waals surface area (Å²) in [5, 5.41) is 5.57. The van der Waals surface area contributed by atoms with Crippen LogP contribution in [0.4, 0.5) is 11.4 Å². The van der Waals surface area contributed by atoms with Crippen molar-refractivity contribution in [2.45, 2.75) is 38.1 Å². The van der Waals surface area contributed by atoms with Gasteiger partial charge in [0, 0.05) is 5.54 Å². The van der Waals surface area contributed by atoms with Gasteiger partial charge in [0.1, 0.15) is 12.3 Å². The minimum absolute atomic E-state index is 0.0387. The number of ether oxygens (including phenoxy) is 1. The molecule has 3 aromatic carbocycles. The average molecular weight is 510 g/mol. The molecule has 0 radical (unpaired) electrons. The summed E-state index contributed by atoms with van der Waals surface area (Å²) in [6.07, 6.45) is 0. The molecule has 0 atom stereocenters. The summed E-state index contributed by atoms with van der Waals surface area (Å²) in [5.41, 5.74) is 1.19. The number of nitrogens with one attached hydrogen (secondary N) is 2. The molecule has 0 fully saturated rings. The maximum Gasteiger partial charge on any atom is 0.264 e. The van der Waals surface area contributed by atoms with E-state index in [1.165, 1.54) is 19.2 Å². The summed E-state index contributed by atoms with van der Waals surface area (Å²) in [6, 6.07) is 19.5. The van der Waals surface area contributed by atoms with E-state index in [1.54, 1.807) is 60.7 Å². The first-order valence-corrected chi connectivity index (χ1v) is 12.8. The zero-order chi connectivity index (χ0) is 26.5. The molecule has 0 bridgehead atoms. The second kappa shape index (κ2) is 10.8. The number of para-hydroxylation sites is 3. The van der Waals surface area contributed by atoms with Crippen molar-refractivity contribution in [2.75, 3.05) is 23.3 Å². The lowest BCUT2D eigenvalue weighted by Crippen LogP contribution is -2.41. The first kappa shape index (κ1) is 26.7. The van der Waals surface area contributed by atoms with Crippen LogP contribution in [0.5, 0.6) is 5.75 Å². The number of anilines is 2. The van der Waals surface area contributed by atoms with E-state index >= 15 is 0 Å². The maximum absolute atomic E-state index is 13.7. The van der Waals surface area contributed by atoms with Crippen LogP contribution >= 0.6 is 0 Å². The molecule has 3 rings (SSSR count). The van der Waals surface area contributed by atoms with Gasteiger partial charge in [-0.05, 0) is 64.1 Å². The minimum atomic E-state index is -4.13. The Morgan fingerprint density at radius 2 is 1.53 bits per heavy atom. The molecular weight excluding hydrogens is 478 g/mol. The molecule has 0 aliphatic rings. The summed E-state index contributed by atoms with van der Waals surface area (Å²) < 4.78 is 33.7. The number of carbonyl (C=O) groups excluding carboxylic acids is 2. The first-order valence-electron chi connectivity index (χ1n) is 11.4. The molecule has 0 spiro atoms. The Labute approximate surface area is 212 Å². The fourth-order valence-electron chi connectivity index (χ4n) is 3.49. The molecule has 8 nitrogen and oxygen atoms in total. The number of benzene rings is 3. The van der Waals surface area contributed by atoms with Crippen LogP contribution in [-0.4, -0.2) is 39.4 Å². The van der Waals surface area contributed by atoms with Crippen LogP contribution in [-0.2, 0) is 14.8 Å². The van der Waals surface area contributed by atoms with E-state index in [4.69, 9.17) is 4.74 Å². The van der Waals surface area contributed by atoms with Gasteiger partial charge in [0.15, 0.2) is 0 Å². The lowest BCUT2D eigenvalue weighted by Gasteiger charge is -2.26. The number of hydrogen-bond donors (Lipinski definition) is 2. The number of carbonyl (C=O) groups is 2. The van der Waals surface area contributed by atoms with Gasteiger partial charge in [-0.3, -0.25) is 13.9 Å². The fraction of sp³-hybridized carbons (Fsp3) is 0.259. The number of amides is 2. The molecule has 0 aromatic heterocycles. The minimum Gasteiger partial charge on any atom is -0.495 e. The smallest absolute Gasteiger partial charge is 0.264 e. The van der Waals surface area contributed by atoms with Gasteiger partial charge in [-0.25, -0.2) is 8.42 Å². The highest BCUT2D eigenvalue weighted by Crippen LogP contribution is 2.32. The summed E-state index contributed by atoms with van der Waals surface area (Å²) in [5.74, 6) is -0.675. The first-order chi connectivity index (χ1) is 16.9. The van der Waals surface area contributed by atoms with Crippen LogP contribution in [0.3, 0.4) is 0 Å². The summed E-state index contributed by atoms with van der Waals surface area (Å²) in [7, 11) is -2.70. The average Bonchev–Trinajstić information content (AvgIpc) is 2.82. The lowest BCUT2D eigenvalue weighted by atomic mass is 10.1. The predicted molar refractivity (Wildman–Crippen MR) is 141 cm³/mol. The molecule has 0 heterocycles. The number of methoxy groups -OCH3 is 1. The van der Waals surface area contributed by atoms with Gasteiger partial charge in [0.05, 0.1) is 28.9 Å². The Hall–Kier alpha value is -3.85. The molecular formula is C27H31N3O5S. The highest BCUT2D eigenvalue weighted by Gasteiger charge is 2.30. The standard InChI is InChI=1S/C27H31N3O5S/c1-19-14-16-20(17-15-19)36(33,34)30(23-12-8-9-13-24(23)35-5)18-25(31)28-22-11-7-6-10-21(22)26(32)29-27(2,3)4/h6-17H,18H2,1-5H3,(H,28,31)(H,29,32). The van der Waals surface area contributed by atoms with Gasteiger partial charge in [-0.1, -0.05) is 42.0 Å². The second-order valence-corrected chi connectivity index (χ2v) is 11.2. The van der Waals surface area contributed by atoms with Crippen molar-refractivity contribution in [3.05, 3.63) is 83.9 Å². The molecule has 9 heteroatoms. The Morgan fingerprint density at radius 1 is 0.917 bits per heavy atom. The van der Waals surface area contributed by atoms with Gasteiger partial charge in [-0.15, -0.1) is 0 Å². The number of sulfonamides is 1. The molecule has 0 unspecified atom stereocenters. The highest BCUT2D eigenvalue weighted by molar-refractivity contribution is 7.92. The Kier molecular flexibility index (Phi) is 8.04. The van der Waals surface area contributed by atoms with E-state index in [0.717, 1.165) is 9.87 Å². The number of nitrogens with zero attached hydrogens (tertiary/aromatic N) is 1. The van der Waals surface area contributed by atoms with E-state index in [1.807, 2.05) is 27.7 Å².